The maximum absolute atomic E-state index is 12.5. The molecule has 0 bridgehead atoms. The van der Waals surface area contributed by atoms with Gasteiger partial charge in [0.2, 0.25) is 17.7 Å². The van der Waals surface area contributed by atoms with Crippen molar-refractivity contribution in [2.75, 3.05) is 25.1 Å². The molecule has 0 aliphatic carbocycles. The van der Waals surface area contributed by atoms with Crippen molar-refractivity contribution in [3.63, 3.8) is 0 Å². The van der Waals surface area contributed by atoms with E-state index in [9.17, 15) is 19.2 Å². The molecule has 0 aromatic rings. The van der Waals surface area contributed by atoms with Crippen molar-refractivity contribution in [1.82, 2.24) is 10.2 Å². The van der Waals surface area contributed by atoms with Crippen molar-refractivity contribution < 1.29 is 19.2 Å². The fourth-order valence-electron chi connectivity index (χ4n) is 3.12. The molecular formula is C23H40N2O4S2. The number of likely N-dealkylation sites (tertiary alicyclic amines) is 1. The van der Waals surface area contributed by atoms with Gasteiger partial charge in [-0.25, -0.2) is 0 Å². The molecule has 0 spiro atoms. The number of carbonyl (C=O) groups excluding carboxylic acids is 4. The van der Waals surface area contributed by atoms with Gasteiger partial charge in [-0.05, 0) is 44.8 Å². The number of hydrogen-bond donors (Lipinski definition) is 1. The van der Waals surface area contributed by atoms with Gasteiger partial charge in [0.25, 0.3) is 0 Å². The first-order chi connectivity index (χ1) is 14.4. The highest BCUT2D eigenvalue weighted by Gasteiger charge is 2.38. The molecule has 0 aromatic heterocycles. The summed E-state index contributed by atoms with van der Waals surface area (Å²) in [6, 6.07) is 0. The monoisotopic (exact) mass is 472 g/mol. The van der Waals surface area contributed by atoms with Gasteiger partial charge in [0.05, 0.1) is 10.00 Å². The number of amides is 3. The summed E-state index contributed by atoms with van der Waals surface area (Å²) in [6.45, 7) is 11.4. The molecule has 31 heavy (non-hydrogen) atoms. The molecule has 1 saturated heterocycles. The fourth-order valence-corrected chi connectivity index (χ4v) is 4.57. The van der Waals surface area contributed by atoms with Crippen molar-refractivity contribution in [2.45, 2.75) is 89.6 Å². The minimum atomic E-state index is -0.411. The molecule has 0 saturated carbocycles. The van der Waals surface area contributed by atoms with E-state index in [1.165, 1.54) is 28.4 Å². The summed E-state index contributed by atoms with van der Waals surface area (Å²) in [6.07, 6.45) is 6.24. The Morgan fingerprint density at radius 1 is 1.06 bits per heavy atom. The molecule has 3 amide bonds. The Hall–Kier alpha value is -1.02. The lowest BCUT2D eigenvalue weighted by molar-refractivity contribution is -0.138. The number of nitrogens with one attached hydrogen (secondary N) is 1. The number of nitrogens with zero attached hydrogens (tertiary/aromatic N) is 1. The number of unbranched alkanes of at least 4 members (excludes halogenated alkanes) is 2. The molecule has 1 unspecified atom stereocenters. The zero-order valence-corrected chi connectivity index (χ0v) is 21.7. The normalized spacial score (nSPS) is 17.4. The van der Waals surface area contributed by atoms with E-state index < -0.39 is 4.75 Å². The standard InChI is InChI=1S/C23H40N2O4S2/c1-22(2,3)12-13-24-19(27)10-8-7-9-14-25-20(28)16-17(21(25)29)31-15-11-18(26)23(4,5)30-6/h17H,7-16H2,1-6H3,(H,24,27). The van der Waals surface area contributed by atoms with E-state index in [4.69, 9.17) is 0 Å². The first-order valence-corrected chi connectivity index (χ1v) is 13.5. The average Bonchev–Trinajstić information content (AvgIpc) is 2.93. The van der Waals surface area contributed by atoms with Gasteiger partial charge in [-0.1, -0.05) is 27.2 Å². The van der Waals surface area contributed by atoms with Crippen LogP contribution in [0.25, 0.3) is 0 Å². The summed E-state index contributed by atoms with van der Waals surface area (Å²) in [5.74, 6) is 0.534. The maximum Gasteiger partial charge on any atom is 0.242 e. The molecule has 1 aliphatic heterocycles. The van der Waals surface area contributed by atoms with Crippen LogP contribution in [0.4, 0.5) is 0 Å². The van der Waals surface area contributed by atoms with Gasteiger partial charge in [-0.2, -0.15) is 11.8 Å². The lowest BCUT2D eigenvalue weighted by Crippen LogP contribution is -2.32. The van der Waals surface area contributed by atoms with Crippen molar-refractivity contribution in [2.24, 2.45) is 5.41 Å². The molecule has 1 fully saturated rings. The van der Waals surface area contributed by atoms with E-state index in [1.807, 2.05) is 20.1 Å². The zero-order chi connectivity index (χ0) is 23.7. The van der Waals surface area contributed by atoms with Gasteiger partial charge in [-0.15, -0.1) is 11.8 Å². The van der Waals surface area contributed by atoms with E-state index in [0.717, 1.165) is 19.3 Å². The molecule has 1 N–H and O–H groups in total. The molecule has 0 radical (unpaired) electrons. The number of rotatable bonds is 14. The third kappa shape index (κ3) is 10.4. The molecular weight excluding hydrogens is 432 g/mol. The molecule has 8 heteroatoms. The van der Waals surface area contributed by atoms with Crippen molar-refractivity contribution in [3.8, 4) is 0 Å². The largest absolute Gasteiger partial charge is 0.356 e. The third-order valence-electron chi connectivity index (χ3n) is 5.52. The summed E-state index contributed by atoms with van der Waals surface area (Å²) < 4.78 is -0.411. The highest BCUT2D eigenvalue weighted by molar-refractivity contribution is 8.01. The second kappa shape index (κ2) is 12.9. The highest BCUT2D eigenvalue weighted by Crippen LogP contribution is 2.29. The first-order valence-electron chi connectivity index (χ1n) is 11.2. The minimum Gasteiger partial charge on any atom is -0.356 e. The van der Waals surface area contributed by atoms with Gasteiger partial charge in [0, 0.05) is 38.1 Å². The van der Waals surface area contributed by atoms with E-state index >= 15 is 0 Å². The van der Waals surface area contributed by atoms with Crippen LogP contribution in [0, 0.1) is 5.41 Å². The predicted octanol–water partition coefficient (Wildman–Crippen LogP) is 4.06. The van der Waals surface area contributed by atoms with Crippen molar-refractivity contribution in [3.05, 3.63) is 0 Å². The third-order valence-corrected chi connectivity index (χ3v) is 7.97. The van der Waals surface area contributed by atoms with Crippen LogP contribution >= 0.6 is 23.5 Å². The first kappa shape index (κ1) is 28.0. The van der Waals surface area contributed by atoms with Crippen LogP contribution in [0.3, 0.4) is 0 Å². The van der Waals surface area contributed by atoms with Gasteiger partial charge >= 0.3 is 0 Å². The Morgan fingerprint density at radius 3 is 2.35 bits per heavy atom. The second-order valence-corrected chi connectivity index (χ2v) is 12.5. The van der Waals surface area contributed by atoms with Gasteiger partial charge in [0.1, 0.15) is 5.78 Å². The average molecular weight is 473 g/mol. The summed E-state index contributed by atoms with van der Waals surface area (Å²) >= 11 is 2.94. The number of thioether (sulfide) groups is 2. The Kier molecular flexibility index (Phi) is 11.6. The molecule has 178 valence electrons. The Balaban J connectivity index is 2.24. The van der Waals surface area contributed by atoms with Gasteiger partial charge in [-0.3, -0.25) is 24.1 Å². The lowest BCUT2D eigenvalue weighted by atomic mass is 9.92. The van der Waals surface area contributed by atoms with Crippen LogP contribution in [-0.4, -0.2) is 63.5 Å². The topological polar surface area (TPSA) is 83.6 Å². The Morgan fingerprint density at radius 2 is 1.74 bits per heavy atom. The lowest BCUT2D eigenvalue weighted by Gasteiger charge is -2.20. The minimum absolute atomic E-state index is 0.0632. The predicted molar refractivity (Wildman–Crippen MR) is 130 cm³/mol. The number of Topliss-reactive ketones (excluding diaryl/α,β-unsaturated/α-hetero) is 1. The Bertz CT molecular complexity index is 644. The molecule has 0 aromatic carbocycles. The number of hydrogen-bond acceptors (Lipinski definition) is 6. The number of carbonyl (C=O) groups is 4. The van der Waals surface area contributed by atoms with E-state index in [-0.39, 0.29) is 40.6 Å². The SMILES string of the molecule is CSC(C)(C)C(=O)CCSC1CC(=O)N(CCCCCC(=O)NCCC(C)(C)C)C1=O. The fraction of sp³-hybridized carbons (Fsp3) is 0.826. The maximum atomic E-state index is 12.5. The van der Waals surface area contributed by atoms with Crippen LogP contribution in [0.5, 0.6) is 0 Å². The highest BCUT2D eigenvalue weighted by atomic mass is 32.2. The molecule has 1 heterocycles. The molecule has 6 nitrogen and oxygen atoms in total. The quantitative estimate of drug-likeness (QED) is 0.303. The number of ketones is 1. The molecule has 1 rings (SSSR count). The molecule has 1 aliphatic rings. The van der Waals surface area contributed by atoms with Crippen molar-refractivity contribution in [1.29, 1.82) is 0 Å². The van der Waals surface area contributed by atoms with Crippen LogP contribution in [-0.2, 0) is 19.2 Å². The molecule has 1 atom stereocenters. The Labute approximate surface area is 196 Å². The smallest absolute Gasteiger partial charge is 0.242 e. The van der Waals surface area contributed by atoms with E-state index in [0.29, 0.717) is 38.1 Å². The van der Waals surface area contributed by atoms with Crippen LogP contribution in [0.15, 0.2) is 0 Å². The summed E-state index contributed by atoms with van der Waals surface area (Å²) in [4.78, 5) is 50.2. The summed E-state index contributed by atoms with van der Waals surface area (Å²) in [5, 5.41) is 2.58. The van der Waals surface area contributed by atoms with E-state index in [2.05, 4.69) is 26.1 Å². The van der Waals surface area contributed by atoms with Crippen LogP contribution in [0.1, 0.15) is 79.6 Å². The number of imide groups is 1. The van der Waals surface area contributed by atoms with Gasteiger partial charge < -0.3 is 5.32 Å². The zero-order valence-electron chi connectivity index (χ0n) is 20.0. The summed E-state index contributed by atoms with van der Waals surface area (Å²) in [7, 11) is 0. The van der Waals surface area contributed by atoms with Crippen LogP contribution in [0.2, 0.25) is 0 Å². The van der Waals surface area contributed by atoms with E-state index in [1.54, 1.807) is 0 Å². The summed E-state index contributed by atoms with van der Waals surface area (Å²) in [5.41, 5.74) is 0.207. The van der Waals surface area contributed by atoms with Gasteiger partial charge in [0.15, 0.2) is 0 Å². The second-order valence-electron chi connectivity index (χ2n) is 9.81. The van der Waals surface area contributed by atoms with Crippen molar-refractivity contribution >= 4 is 47.0 Å². The van der Waals surface area contributed by atoms with Crippen LogP contribution < -0.4 is 5.32 Å².